The molecule has 0 heterocycles. The first-order valence-electron chi connectivity index (χ1n) is 6.05. The number of benzene rings is 1. The number of carbonyl (C=O) groups is 2. The fourth-order valence-corrected chi connectivity index (χ4v) is 1.94. The number of hydrogen-bond acceptors (Lipinski definition) is 4. The minimum absolute atomic E-state index is 0.298. The highest BCUT2D eigenvalue weighted by atomic mass is 19.1. The van der Waals surface area contributed by atoms with Crippen molar-refractivity contribution in [3.05, 3.63) is 29.3 Å². The van der Waals surface area contributed by atoms with Crippen molar-refractivity contribution in [3.8, 4) is 0 Å². The number of nitrogens with one attached hydrogen (secondary N) is 1. The van der Waals surface area contributed by atoms with Crippen LogP contribution in [0.3, 0.4) is 0 Å². The van der Waals surface area contributed by atoms with Crippen LogP contribution >= 0.6 is 0 Å². The second-order valence-corrected chi connectivity index (χ2v) is 4.77. The van der Waals surface area contributed by atoms with Crippen LogP contribution in [0.1, 0.15) is 29.6 Å². The van der Waals surface area contributed by atoms with Gasteiger partial charge in [0.2, 0.25) is 5.91 Å². The van der Waals surface area contributed by atoms with Crippen molar-refractivity contribution >= 4 is 17.6 Å². The molecular formula is C13H14F2N2O3. The summed E-state index contributed by atoms with van der Waals surface area (Å²) in [6, 6.07) is 1.42. The second-order valence-electron chi connectivity index (χ2n) is 4.77. The van der Waals surface area contributed by atoms with Gasteiger partial charge in [-0.05, 0) is 25.3 Å². The third-order valence-electron chi connectivity index (χ3n) is 3.41. The monoisotopic (exact) mass is 284 g/mol. The lowest BCUT2D eigenvalue weighted by Crippen LogP contribution is -2.56. The van der Waals surface area contributed by atoms with Crippen molar-refractivity contribution in [1.29, 1.82) is 0 Å². The minimum Gasteiger partial charge on any atom is -0.465 e. The fourth-order valence-electron chi connectivity index (χ4n) is 1.94. The van der Waals surface area contributed by atoms with E-state index in [9.17, 15) is 18.4 Å². The van der Waals surface area contributed by atoms with E-state index in [-0.39, 0.29) is 5.69 Å². The molecule has 1 fully saturated rings. The highest BCUT2D eigenvalue weighted by Crippen LogP contribution is 2.31. The molecule has 0 spiro atoms. The second kappa shape index (κ2) is 5.16. The Morgan fingerprint density at radius 2 is 1.95 bits per heavy atom. The quantitative estimate of drug-likeness (QED) is 0.825. The van der Waals surface area contributed by atoms with Crippen molar-refractivity contribution in [3.63, 3.8) is 0 Å². The molecule has 108 valence electrons. The van der Waals surface area contributed by atoms with E-state index in [4.69, 9.17) is 5.73 Å². The van der Waals surface area contributed by atoms with E-state index in [0.29, 0.717) is 18.9 Å². The number of anilines is 1. The molecule has 0 bridgehead atoms. The van der Waals surface area contributed by atoms with Crippen LogP contribution in [0.15, 0.2) is 12.1 Å². The van der Waals surface area contributed by atoms with E-state index in [0.717, 1.165) is 19.6 Å². The lowest BCUT2D eigenvalue weighted by atomic mass is 9.77. The van der Waals surface area contributed by atoms with Crippen molar-refractivity contribution in [2.75, 3.05) is 12.4 Å². The zero-order valence-electron chi connectivity index (χ0n) is 10.8. The fraction of sp³-hybridized carbons (Fsp3) is 0.385. The molecule has 20 heavy (non-hydrogen) atoms. The summed E-state index contributed by atoms with van der Waals surface area (Å²) in [5.74, 6) is -3.54. The third-order valence-corrected chi connectivity index (χ3v) is 3.41. The topological polar surface area (TPSA) is 81.4 Å². The number of methoxy groups -OCH3 is 1. The van der Waals surface area contributed by atoms with Crippen LogP contribution < -0.4 is 11.1 Å². The molecule has 3 N–H and O–H groups in total. The van der Waals surface area contributed by atoms with Gasteiger partial charge in [-0.3, -0.25) is 4.79 Å². The summed E-state index contributed by atoms with van der Waals surface area (Å²) in [6.45, 7) is 0. The summed E-state index contributed by atoms with van der Waals surface area (Å²) in [5.41, 5.74) is 4.02. The summed E-state index contributed by atoms with van der Waals surface area (Å²) in [7, 11) is 1.08. The molecule has 5 nitrogen and oxygen atoms in total. The lowest BCUT2D eigenvalue weighted by molar-refractivity contribution is -0.123. The van der Waals surface area contributed by atoms with Gasteiger partial charge >= 0.3 is 5.97 Å². The zero-order chi connectivity index (χ0) is 14.9. The Hall–Kier alpha value is -2.02. The molecule has 7 heteroatoms. The highest BCUT2D eigenvalue weighted by Gasteiger charge is 2.40. The normalized spacial score (nSPS) is 16.2. The number of amides is 1. The molecule has 2 rings (SSSR count). The number of esters is 1. The molecule has 0 unspecified atom stereocenters. The predicted octanol–water partition coefficient (Wildman–Crippen LogP) is 1.57. The summed E-state index contributed by atoms with van der Waals surface area (Å²) in [4.78, 5) is 23.2. The number of nitrogens with two attached hydrogens (primary N) is 1. The van der Waals surface area contributed by atoms with Gasteiger partial charge in [-0.2, -0.15) is 0 Å². The van der Waals surface area contributed by atoms with Crippen LogP contribution in [0.4, 0.5) is 14.5 Å². The average molecular weight is 284 g/mol. The van der Waals surface area contributed by atoms with Crippen LogP contribution in [-0.2, 0) is 9.53 Å². The first kappa shape index (κ1) is 14.4. The van der Waals surface area contributed by atoms with Gasteiger partial charge in [-0.15, -0.1) is 0 Å². The number of halogens is 2. The third kappa shape index (κ3) is 2.49. The van der Waals surface area contributed by atoms with Crippen molar-refractivity contribution < 1.29 is 23.1 Å². The lowest BCUT2D eigenvalue weighted by Gasteiger charge is -2.36. The van der Waals surface area contributed by atoms with Crippen LogP contribution in [0.5, 0.6) is 0 Å². The maximum absolute atomic E-state index is 13.6. The van der Waals surface area contributed by atoms with E-state index in [1.807, 2.05) is 0 Å². The molecule has 1 aromatic rings. The van der Waals surface area contributed by atoms with E-state index in [1.54, 1.807) is 0 Å². The van der Waals surface area contributed by atoms with Crippen molar-refractivity contribution in [2.45, 2.75) is 24.8 Å². The molecule has 1 aliphatic rings. The van der Waals surface area contributed by atoms with Gasteiger partial charge in [0, 0.05) is 6.07 Å². The van der Waals surface area contributed by atoms with E-state index < -0.39 is 34.6 Å². The van der Waals surface area contributed by atoms with Gasteiger partial charge in [0.15, 0.2) is 0 Å². The number of rotatable bonds is 3. The number of carbonyl (C=O) groups excluding carboxylic acids is 2. The van der Waals surface area contributed by atoms with Crippen LogP contribution in [0.25, 0.3) is 0 Å². The van der Waals surface area contributed by atoms with Gasteiger partial charge < -0.3 is 15.8 Å². The Labute approximate surface area is 114 Å². The van der Waals surface area contributed by atoms with Crippen LogP contribution in [0.2, 0.25) is 0 Å². The zero-order valence-corrected chi connectivity index (χ0v) is 10.8. The van der Waals surface area contributed by atoms with E-state index in [1.165, 1.54) is 0 Å². The van der Waals surface area contributed by atoms with Crippen LogP contribution in [0, 0.1) is 11.6 Å². The van der Waals surface area contributed by atoms with Crippen molar-refractivity contribution in [1.82, 2.24) is 0 Å². The van der Waals surface area contributed by atoms with E-state index in [2.05, 4.69) is 10.1 Å². The minimum atomic E-state index is -1.06. The van der Waals surface area contributed by atoms with Gasteiger partial charge in [0.1, 0.15) is 11.6 Å². The number of hydrogen-bond donors (Lipinski definition) is 2. The summed E-state index contributed by atoms with van der Waals surface area (Å²) in [5, 5.41) is 2.29. The van der Waals surface area contributed by atoms with Crippen molar-refractivity contribution in [2.24, 2.45) is 5.73 Å². The Bertz CT molecular complexity index is 571. The molecule has 0 aliphatic heterocycles. The van der Waals surface area contributed by atoms with Gasteiger partial charge in [-0.1, -0.05) is 0 Å². The molecule has 1 saturated carbocycles. The molecule has 1 amide bonds. The van der Waals surface area contributed by atoms with Gasteiger partial charge in [-0.25, -0.2) is 13.6 Å². The summed E-state index contributed by atoms with van der Waals surface area (Å²) < 4.78 is 31.4. The molecule has 0 aromatic heterocycles. The largest absolute Gasteiger partial charge is 0.465 e. The molecule has 1 aliphatic carbocycles. The average Bonchev–Trinajstić information content (AvgIpc) is 2.38. The first-order chi connectivity index (χ1) is 9.37. The Balaban J connectivity index is 2.27. The van der Waals surface area contributed by atoms with Gasteiger partial charge in [0.25, 0.3) is 0 Å². The van der Waals surface area contributed by atoms with E-state index >= 15 is 0 Å². The maximum atomic E-state index is 13.6. The molecule has 0 radical (unpaired) electrons. The smallest absolute Gasteiger partial charge is 0.340 e. The SMILES string of the molecule is COC(=O)c1cc(NC(=O)C2(N)CCC2)c(F)cc1F. The maximum Gasteiger partial charge on any atom is 0.340 e. The molecule has 1 aromatic carbocycles. The summed E-state index contributed by atoms with van der Waals surface area (Å²) >= 11 is 0. The Morgan fingerprint density at radius 1 is 1.30 bits per heavy atom. The standard InChI is InChI=1S/C13H14F2N2O3/c1-20-11(18)7-5-10(9(15)6-8(7)14)17-12(19)13(16)3-2-4-13/h5-6H,2-4,16H2,1H3,(H,17,19). The Kier molecular flexibility index (Phi) is 3.71. The first-order valence-corrected chi connectivity index (χ1v) is 6.05. The summed E-state index contributed by atoms with van der Waals surface area (Å²) in [6.07, 6.45) is 1.83. The van der Waals surface area contributed by atoms with Gasteiger partial charge in [0.05, 0.1) is 23.9 Å². The molecular weight excluding hydrogens is 270 g/mol. The predicted molar refractivity (Wildman–Crippen MR) is 67.1 cm³/mol. The molecule has 0 saturated heterocycles. The highest BCUT2D eigenvalue weighted by molar-refractivity contribution is 6.00. The molecule has 0 atom stereocenters. The Morgan fingerprint density at radius 3 is 2.45 bits per heavy atom. The van der Waals surface area contributed by atoms with Crippen LogP contribution in [-0.4, -0.2) is 24.5 Å². The number of ether oxygens (including phenoxy) is 1.